The fraction of sp³-hybridized carbons (Fsp3) is 0.946. The van der Waals surface area contributed by atoms with E-state index in [-0.39, 0.29) is 31.1 Å². The summed E-state index contributed by atoms with van der Waals surface area (Å²) in [5.74, 6) is 1.68. The van der Waals surface area contributed by atoms with E-state index in [1.54, 1.807) is 0 Å². The van der Waals surface area contributed by atoms with Gasteiger partial charge in [0.25, 0.3) is 0 Å². The molecular weight excluding hydrogens is 769 g/mol. The molecule has 1 unspecified atom stereocenters. The van der Waals surface area contributed by atoms with Crippen LogP contribution < -0.4 is 0 Å². The van der Waals surface area contributed by atoms with Crippen LogP contribution in [0.4, 0.5) is 0 Å². The highest BCUT2D eigenvalue weighted by molar-refractivity contribution is 5.71. The molecular formula is C56H108O6. The van der Waals surface area contributed by atoms with Crippen LogP contribution in [0.15, 0.2) is 0 Å². The van der Waals surface area contributed by atoms with Crippen LogP contribution in [-0.2, 0) is 28.6 Å². The predicted octanol–water partition coefficient (Wildman–Crippen LogP) is 17.9. The van der Waals surface area contributed by atoms with Crippen LogP contribution in [-0.4, -0.2) is 37.2 Å². The van der Waals surface area contributed by atoms with Crippen molar-refractivity contribution < 1.29 is 28.6 Å². The Morgan fingerprint density at radius 3 is 0.839 bits per heavy atom. The number of esters is 3. The van der Waals surface area contributed by atoms with E-state index in [0.29, 0.717) is 19.3 Å². The van der Waals surface area contributed by atoms with Gasteiger partial charge in [0.15, 0.2) is 6.10 Å². The van der Waals surface area contributed by atoms with E-state index in [1.165, 1.54) is 186 Å². The summed E-state index contributed by atoms with van der Waals surface area (Å²) in [5, 5.41) is 0. The van der Waals surface area contributed by atoms with Gasteiger partial charge in [0, 0.05) is 19.3 Å². The number of carbonyl (C=O) groups excluding carboxylic acids is 3. The van der Waals surface area contributed by atoms with E-state index in [9.17, 15) is 14.4 Å². The van der Waals surface area contributed by atoms with Gasteiger partial charge in [0.05, 0.1) is 0 Å². The fourth-order valence-electron chi connectivity index (χ4n) is 8.44. The molecule has 6 heteroatoms. The van der Waals surface area contributed by atoms with Crippen LogP contribution in [0.25, 0.3) is 0 Å². The zero-order valence-corrected chi connectivity index (χ0v) is 42.7. The normalized spacial score (nSPS) is 12.6. The molecule has 0 aliphatic heterocycles. The first-order valence-corrected chi connectivity index (χ1v) is 27.6. The first kappa shape index (κ1) is 60.4. The molecule has 0 radical (unpaired) electrons. The lowest BCUT2D eigenvalue weighted by Crippen LogP contribution is -2.30. The molecule has 0 aromatic carbocycles. The minimum atomic E-state index is -0.763. The van der Waals surface area contributed by atoms with E-state index < -0.39 is 6.10 Å². The molecule has 0 aromatic heterocycles. The standard InChI is InChI=1S/C56H108O6/c1-7-52(6)44-38-32-26-22-23-28-34-40-46-55(58)61-49-53(62-56(59)47-41-35-29-21-17-13-9-11-15-19-25-31-37-43-51(4)5)48-60-54(57)45-39-33-27-20-16-12-8-10-14-18-24-30-36-42-50(2)3/h50-53H,7-49H2,1-6H3/t52?,53-/m0/s1. The summed E-state index contributed by atoms with van der Waals surface area (Å²) in [6.45, 7) is 13.8. The molecule has 0 spiro atoms. The lowest BCUT2D eigenvalue weighted by molar-refractivity contribution is -0.167. The number of hydrogen-bond donors (Lipinski definition) is 0. The molecule has 0 bridgehead atoms. The van der Waals surface area contributed by atoms with Crippen LogP contribution in [0.3, 0.4) is 0 Å². The van der Waals surface area contributed by atoms with Crippen molar-refractivity contribution in [2.45, 2.75) is 311 Å². The number of ether oxygens (including phenoxy) is 3. The summed E-state index contributed by atoms with van der Waals surface area (Å²) in [4.78, 5) is 38.1. The Bertz CT molecular complexity index is 962. The molecule has 0 heterocycles. The zero-order chi connectivity index (χ0) is 45.6. The predicted molar refractivity (Wildman–Crippen MR) is 266 cm³/mol. The molecule has 0 fully saturated rings. The molecule has 6 nitrogen and oxygen atoms in total. The Hall–Kier alpha value is -1.59. The minimum absolute atomic E-state index is 0.0642. The second kappa shape index (κ2) is 47.4. The first-order chi connectivity index (χ1) is 30.1. The van der Waals surface area contributed by atoms with Crippen molar-refractivity contribution in [3.8, 4) is 0 Å². The highest BCUT2D eigenvalue weighted by Gasteiger charge is 2.19. The van der Waals surface area contributed by atoms with Gasteiger partial charge in [0.1, 0.15) is 13.2 Å². The van der Waals surface area contributed by atoms with Gasteiger partial charge >= 0.3 is 17.9 Å². The molecule has 0 aromatic rings. The Balaban J connectivity index is 4.31. The van der Waals surface area contributed by atoms with Gasteiger partial charge in [-0.05, 0) is 37.0 Å². The summed E-state index contributed by atoms with van der Waals surface area (Å²) >= 11 is 0. The summed E-state index contributed by atoms with van der Waals surface area (Å²) in [6.07, 6.45) is 48.0. The lowest BCUT2D eigenvalue weighted by Gasteiger charge is -2.18. The van der Waals surface area contributed by atoms with Crippen molar-refractivity contribution in [1.29, 1.82) is 0 Å². The molecule has 0 saturated carbocycles. The maximum absolute atomic E-state index is 12.8. The zero-order valence-electron chi connectivity index (χ0n) is 42.7. The van der Waals surface area contributed by atoms with Gasteiger partial charge in [-0.15, -0.1) is 0 Å². The molecule has 368 valence electrons. The average Bonchev–Trinajstić information content (AvgIpc) is 3.24. The molecule has 0 rings (SSSR count). The fourth-order valence-corrected chi connectivity index (χ4v) is 8.44. The van der Waals surface area contributed by atoms with Crippen LogP contribution in [0, 0.1) is 17.8 Å². The molecule has 62 heavy (non-hydrogen) atoms. The molecule has 0 saturated heterocycles. The third kappa shape index (κ3) is 47.9. The van der Waals surface area contributed by atoms with Gasteiger partial charge < -0.3 is 14.2 Å². The summed E-state index contributed by atoms with van der Waals surface area (Å²) in [6, 6.07) is 0. The van der Waals surface area contributed by atoms with Crippen molar-refractivity contribution in [2.24, 2.45) is 17.8 Å². The second-order valence-electron chi connectivity index (χ2n) is 20.4. The Morgan fingerprint density at radius 1 is 0.323 bits per heavy atom. The van der Waals surface area contributed by atoms with Crippen molar-refractivity contribution in [3.63, 3.8) is 0 Å². The smallest absolute Gasteiger partial charge is 0.306 e. The molecule has 0 amide bonds. The van der Waals surface area contributed by atoms with E-state index in [4.69, 9.17) is 14.2 Å². The Morgan fingerprint density at radius 2 is 0.565 bits per heavy atom. The quantitative estimate of drug-likeness (QED) is 0.0344. The lowest BCUT2D eigenvalue weighted by atomic mass is 9.99. The van der Waals surface area contributed by atoms with Gasteiger partial charge in [-0.1, -0.05) is 266 Å². The monoisotopic (exact) mass is 877 g/mol. The number of rotatable bonds is 49. The average molecular weight is 877 g/mol. The summed E-state index contributed by atoms with van der Waals surface area (Å²) < 4.78 is 16.9. The largest absolute Gasteiger partial charge is 0.462 e. The van der Waals surface area contributed by atoms with Crippen molar-refractivity contribution >= 4 is 17.9 Å². The maximum Gasteiger partial charge on any atom is 0.306 e. The molecule has 0 aliphatic carbocycles. The highest BCUT2D eigenvalue weighted by Crippen LogP contribution is 2.18. The molecule has 0 N–H and O–H groups in total. The van der Waals surface area contributed by atoms with Crippen LogP contribution in [0.2, 0.25) is 0 Å². The minimum Gasteiger partial charge on any atom is -0.462 e. The molecule has 2 atom stereocenters. The van der Waals surface area contributed by atoms with Gasteiger partial charge in [-0.3, -0.25) is 14.4 Å². The van der Waals surface area contributed by atoms with Crippen LogP contribution >= 0.6 is 0 Å². The number of hydrogen-bond acceptors (Lipinski definition) is 6. The van der Waals surface area contributed by atoms with E-state index in [2.05, 4.69) is 41.5 Å². The highest BCUT2D eigenvalue weighted by atomic mass is 16.6. The van der Waals surface area contributed by atoms with Gasteiger partial charge in [-0.2, -0.15) is 0 Å². The number of unbranched alkanes of at least 4 members (excludes halogenated alkanes) is 31. The van der Waals surface area contributed by atoms with E-state index >= 15 is 0 Å². The van der Waals surface area contributed by atoms with Gasteiger partial charge in [0.2, 0.25) is 0 Å². The third-order valence-electron chi connectivity index (χ3n) is 13.0. The topological polar surface area (TPSA) is 78.9 Å². The third-order valence-corrected chi connectivity index (χ3v) is 13.0. The van der Waals surface area contributed by atoms with Crippen LogP contribution in [0.5, 0.6) is 0 Å². The van der Waals surface area contributed by atoms with Crippen molar-refractivity contribution in [3.05, 3.63) is 0 Å². The summed E-state index contributed by atoms with van der Waals surface area (Å²) in [5.41, 5.74) is 0. The van der Waals surface area contributed by atoms with E-state index in [1.807, 2.05) is 0 Å². The maximum atomic E-state index is 12.8. The Labute approximate surface area is 387 Å². The van der Waals surface area contributed by atoms with Crippen LogP contribution in [0.1, 0.15) is 305 Å². The van der Waals surface area contributed by atoms with Gasteiger partial charge in [-0.25, -0.2) is 0 Å². The first-order valence-electron chi connectivity index (χ1n) is 27.6. The van der Waals surface area contributed by atoms with E-state index in [0.717, 1.165) is 75.5 Å². The molecule has 0 aliphatic rings. The second-order valence-corrected chi connectivity index (χ2v) is 20.4. The Kier molecular flexibility index (Phi) is 46.2. The summed E-state index contributed by atoms with van der Waals surface area (Å²) in [7, 11) is 0. The van der Waals surface area contributed by atoms with Crippen molar-refractivity contribution in [2.75, 3.05) is 13.2 Å². The van der Waals surface area contributed by atoms with Crippen molar-refractivity contribution in [1.82, 2.24) is 0 Å². The SMILES string of the molecule is CCC(C)CCCCCCCCCCC(=O)OC[C@H](COC(=O)CCCCCCCCCCCCCCCC(C)C)OC(=O)CCCCCCCCCCCCCCCC(C)C. The number of carbonyl (C=O) groups is 3.